The van der Waals surface area contributed by atoms with Gasteiger partial charge in [-0.2, -0.15) is 0 Å². The van der Waals surface area contributed by atoms with Crippen LogP contribution < -0.4 is 0 Å². The molecule has 0 unspecified atom stereocenters. The van der Waals surface area contributed by atoms with Gasteiger partial charge in [0.25, 0.3) is 0 Å². The van der Waals surface area contributed by atoms with Crippen LogP contribution >= 0.6 is 38.7 Å². The molecule has 0 atom stereocenters. The van der Waals surface area contributed by atoms with E-state index >= 15 is 0 Å². The molecule has 0 aliphatic heterocycles. The van der Waals surface area contributed by atoms with Crippen molar-refractivity contribution in [2.45, 2.75) is 40.0 Å². The van der Waals surface area contributed by atoms with Gasteiger partial charge in [-0.15, -0.1) is 0 Å². The molecule has 0 spiro atoms. The topological polar surface area (TPSA) is 78.9 Å². The molecule has 0 rings (SSSR count). The second-order valence-electron chi connectivity index (χ2n) is 2.45. The maximum Gasteiger partial charge on any atom is 0.317 e. The first-order chi connectivity index (χ1) is 8.42. The largest absolute Gasteiger partial charge is 0.395 e. The van der Waals surface area contributed by atoms with Crippen LogP contribution in [-0.2, 0) is 26.9 Å². The van der Waals surface area contributed by atoms with Crippen LogP contribution in [0.25, 0.3) is 0 Å². The van der Waals surface area contributed by atoms with E-state index in [2.05, 4.69) is 51.3 Å². The summed E-state index contributed by atoms with van der Waals surface area (Å²) in [6, 6.07) is 0. The van der Waals surface area contributed by atoms with Crippen molar-refractivity contribution in [3.63, 3.8) is 0 Å². The molecule has 0 aromatic carbocycles. The van der Waals surface area contributed by atoms with Gasteiger partial charge in [-0.25, -0.2) is 0 Å². The number of carbonyl (C=O) groups is 3. The average molecular weight is 736 g/mol. The molecule has 118 valence electrons. The molecule has 0 aliphatic carbocycles. The molecular weight excluding hydrogens is 718 g/mol. The second kappa shape index (κ2) is 28.4. The van der Waals surface area contributed by atoms with Crippen LogP contribution in [-0.4, -0.2) is 70.3 Å². The molecule has 0 aromatic heterocycles. The summed E-state index contributed by atoms with van der Waals surface area (Å²) >= 11 is 9.74. The van der Waals surface area contributed by atoms with Gasteiger partial charge < -0.3 is 12.5 Å². The van der Waals surface area contributed by atoms with Gasteiger partial charge >= 0.3 is 17.9 Å². The average Bonchev–Trinajstić information content (AvgIpc) is 2.45. The van der Waals surface area contributed by atoms with Gasteiger partial charge in [0.15, 0.2) is 0 Å². The summed E-state index contributed by atoms with van der Waals surface area (Å²) in [5, 5.41) is 0. The van der Waals surface area contributed by atoms with E-state index in [0.29, 0.717) is 19.3 Å². The minimum atomic E-state index is -0.293. The van der Waals surface area contributed by atoms with Crippen LogP contribution in [0, 0.1) is 0 Å². The van der Waals surface area contributed by atoms with E-state index in [1.807, 2.05) is 0 Å². The van der Waals surface area contributed by atoms with Crippen molar-refractivity contribution < 1.29 is 26.9 Å². The summed E-state index contributed by atoms with van der Waals surface area (Å²) in [5.74, 6) is -0.880. The van der Waals surface area contributed by atoms with Crippen LogP contribution in [0.2, 0.25) is 0 Å². The van der Waals surface area contributed by atoms with E-state index in [-0.39, 0.29) is 70.3 Å². The fraction of sp³-hybridized carbons (Fsp3) is 0.667. The van der Waals surface area contributed by atoms with Crippen LogP contribution in [0.3, 0.4) is 0 Å². The molecule has 6 radical (unpaired) electrons. The molecule has 20 heavy (non-hydrogen) atoms. The van der Waals surface area contributed by atoms with Gasteiger partial charge in [0.05, 0.1) is 0 Å². The van der Waals surface area contributed by atoms with Crippen molar-refractivity contribution >= 4 is 109 Å². The molecule has 0 saturated heterocycles. The Hall–Kier alpha value is 1.23. The van der Waals surface area contributed by atoms with Crippen LogP contribution in [0.1, 0.15) is 40.0 Å². The summed E-state index contributed by atoms with van der Waals surface area (Å²) in [5.41, 5.74) is 0. The zero-order chi connectivity index (χ0) is 15.0. The Bertz CT molecular complexity index is 188. The predicted octanol–water partition coefficient (Wildman–Crippen LogP) is 1.59. The zero-order valence-corrected chi connectivity index (χ0v) is 20.9. The third kappa shape index (κ3) is 36.5. The summed E-state index contributed by atoms with van der Waals surface area (Å²) in [7, 11) is 0. The summed E-state index contributed by atoms with van der Waals surface area (Å²) < 4.78 is 11.9. The van der Waals surface area contributed by atoms with Crippen molar-refractivity contribution in [2.24, 2.45) is 0 Å². The van der Waals surface area contributed by atoms with Crippen molar-refractivity contribution in [2.75, 3.05) is 0 Å². The van der Waals surface area contributed by atoms with Crippen molar-refractivity contribution in [1.29, 1.82) is 0 Å². The summed E-state index contributed by atoms with van der Waals surface area (Å²) in [6.07, 6.45) is 1.18. The van der Waals surface area contributed by atoms with E-state index in [1.165, 1.54) is 0 Å². The van der Waals surface area contributed by atoms with Crippen LogP contribution in [0.5, 0.6) is 0 Å². The fourth-order valence-electron chi connectivity index (χ4n) is 0.194. The van der Waals surface area contributed by atoms with Crippen LogP contribution in [0.15, 0.2) is 0 Å². The van der Waals surface area contributed by atoms with Crippen molar-refractivity contribution in [1.82, 2.24) is 0 Å². The molecule has 0 amide bonds. The fourth-order valence-corrected chi connectivity index (χ4v) is 0.581. The van der Waals surface area contributed by atoms with Gasteiger partial charge in [0, 0.05) is 110 Å². The molecule has 0 fully saturated rings. The SMILES string of the molecule is CCC(=O)OS.CCC(=O)OS.CCC(=O)OS.[Bi].[Bi]. The molecule has 0 bridgehead atoms. The number of rotatable bonds is 3. The molecule has 0 aromatic rings. The van der Waals surface area contributed by atoms with Crippen molar-refractivity contribution in [3.05, 3.63) is 0 Å². The second-order valence-corrected chi connectivity index (χ2v) is 3.00. The van der Waals surface area contributed by atoms with Gasteiger partial charge in [-0.05, 0) is 0 Å². The molecule has 0 aliphatic rings. The van der Waals surface area contributed by atoms with E-state index in [9.17, 15) is 14.4 Å². The smallest absolute Gasteiger partial charge is 0.317 e. The Morgan fingerprint density at radius 3 is 0.800 bits per heavy atom. The van der Waals surface area contributed by atoms with Gasteiger partial charge in [0.1, 0.15) is 0 Å². The number of hydrogen-bond donors (Lipinski definition) is 3. The Morgan fingerprint density at radius 2 is 0.800 bits per heavy atom. The van der Waals surface area contributed by atoms with E-state index in [4.69, 9.17) is 0 Å². The minimum Gasteiger partial charge on any atom is -0.395 e. The van der Waals surface area contributed by atoms with E-state index in [1.54, 1.807) is 20.8 Å². The summed E-state index contributed by atoms with van der Waals surface area (Å²) in [6.45, 7) is 5.12. The minimum absolute atomic E-state index is 0. The number of carbonyl (C=O) groups excluding carboxylic acids is 3. The monoisotopic (exact) mass is 736 g/mol. The molecule has 11 heteroatoms. The van der Waals surface area contributed by atoms with Gasteiger partial charge in [-0.3, -0.25) is 14.4 Å². The van der Waals surface area contributed by atoms with Gasteiger partial charge in [-0.1, -0.05) is 20.8 Å². The molecular formula is C9H18Bi2O6S3. The quantitative estimate of drug-likeness (QED) is 0.177. The normalized spacial score (nSPS) is 6.90. The Morgan fingerprint density at radius 1 is 0.650 bits per heavy atom. The maximum absolute atomic E-state index is 9.88. The standard InChI is InChI=1S/3C3H6O2S.2Bi/c3*1-2-3(4)5-6;;/h3*6H,2H2,1H3;;. The molecule has 0 N–H and O–H groups in total. The Kier molecular flexibility index (Phi) is 46.8. The van der Waals surface area contributed by atoms with E-state index < -0.39 is 0 Å². The first kappa shape index (κ1) is 33.0. The van der Waals surface area contributed by atoms with Crippen molar-refractivity contribution in [3.8, 4) is 0 Å². The van der Waals surface area contributed by atoms with Crippen LogP contribution in [0.4, 0.5) is 0 Å². The first-order valence-electron chi connectivity index (χ1n) is 4.95. The molecule has 0 heterocycles. The summed E-state index contributed by atoms with van der Waals surface area (Å²) in [4.78, 5) is 29.6. The number of thiol groups is 3. The third-order valence-electron chi connectivity index (χ3n) is 1.17. The third-order valence-corrected chi connectivity index (χ3v) is 1.78. The van der Waals surface area contributed by atoms with E-state index in [0.717, 1.165) is 0 Å². The molecule has 6 nitrogen and oxygen atoms in total. The maximum atomic E-state index is 9.88. The zero-order valence-electron chi connectivity index (χ0n) is 11.3. The Balaban J connectivity index is -0.0000000536. The molecule has 0 saturated carbocycles. The van der Waals surface area contributed by atoms with Gasteiger partial charge in [0.2, 0.25) is 0 Å². The predicted molar refractivity (Wildman–Crippen MR) is 87.6 cm³/mol. The Labute approximate surface area is 174 Å². The first-order valence-corrected chi connectivity index (χ1v) is 6.05. The number of hydrogen-bond acceptors (Lipinski definition) is 9.